The molecule has 0 atom stereocenters. The van der Waals surface area contributed by atoms with Crippen LogP contribution in [0.15, 0.2) is 41.6 Å². The molecular formula is C14H19NO4S. The first kappa shape index (κ1) is 16.2. The number of carboxylic acids is 1. The van der Waals surface area contributed by atoms with Gasteiger partial charge in [-0.2, -0.15) is 0 Å². The van der Waals surface area contributed by atoms with Gasteiger partial charge in [-0.05, 0) is 37.8 Å². The summed E-state index contributed by atoms with van der Waals surface area (Å²) in [6, 6.07) is 9.55. The molecule has 0 aliphatic heterocycles. The van der Waals surface area contributed by atoms with Crippen LogP contribution in [0.2, 0.25) is 0 Å². The molecule has 2 N–H and O–H groups in total. The predicted octanol–water partition coefficient (Wildman–Crippen LogP) is 1.92. The minimum atomic E-state index is -3.63. The summed E-state index contributed by atoms with van der Waals surface area (Å²) >= 11 is 0. The molecule has 20 heavy (non-hydrogen) atoms. The van der Waals surface area contributed by atoms with Gasteiger partial charge in [-0.1, -0.05) is 30.3 Å². The third kappa shape index (κ3) is 5.44. The average Bonchev–Trinajstić information content (AvgIpc) is 2.36. The first-order valence-electron chi connectivity index (χ1n) is 6.27. The molecule has 1 rings (SSSR count). The Morgan fingerprint density at radius 3 is 2.30 bits per heavy atom. The predicted molar refractivity (Wildman–Crippen MR) is 77.7 cm³/mol. The number of benzene rings is 1. The standard InChI is InChI=1S/C14H19NO4S/c1-11(2)13(14(16)17)15-20(18,19)10-6-9-12-7-4-3-5-8-12/h3-5,7-8,15H,6,9-10H2,1-2H3,(H,16,17). The highest BCUT2D eigenvalue weighted by Gasteiger charge is 2.17. The van der Waals surface area contributed by atoms with Crippen LogP contribution in [-0.2, 0) is 21.2 Å². The maximum Gasteiger partial charge on any atom is 0.352 e. The van der Waals surface area contributed by atoms with E-state index in [1.165, 1.54) is 0 Å². The Kier molecular flexibility index (Phi) is 5.76. The monoisotopic (exact) mass is 297 g/mol. The van der Waals surface area contributed by atoms with Crippen LogP contribution in [0.4, 0.5) is 0 Å². The van der Waals surface area contributed by atoms with Gasteiger partial charge in [0, 0.05) is 0 Å². The zero-order chi connectivity index (χ0) is 15.2. The summed E-state index contributed by atoms with van der Waals surface area (Å²) in [4.78, 5) is 10.9. The fourth-order valence-electron chi connectivity index (χ4n) is 1.68. The third-order valence-corrected chi connectivity index (χ3v) is 4.03. The molecule has 0 aliphatic carbocycles. The Labute approximate surface area is 119 Å². The van der Waals surface area contributed by atoms with E-state index in [0.717, 1.165) is 5.56 Å². The molecule has 0 aromatic heterocycles. The third-order valence-electron chi connectivity index (χ3n) is 2.69. The van der Waals surface area contributed by atoms with E-state index in [2.05, 4.69) is 4.72 Å². The zero-order valence-electron chi connectivity index (χ0n) is 11.6. The summed E-state index contributed by atoms with van der Waals surface area (Å²) in [6.07, 6.45) is 1.08. The van der Waals surface area contributed by atoms with Gasteiger partial charge in [0.05, 0.1) is 5.75 Å². The SMILES string of the molecule is CC(C)=C(NS(=O)(=O)CCCc1ccccc1)C(=O)O. The van der Waals surface area contributed by atoms with Crippen molar-refractivity contribution in [3.8, 4) is 0 Å². The second-order valence-corrected chi connectivity index (χ2v) is 6.53. The quantitative estimate of drug-likeness (QED) is 0.753. The number of allylic oxidation sites excluding steroid dienone is 1. The first-order valence-corrected chi connectivity index (χ1v) is 7.92. The maximum atomic E-state index is 11.8. The lowest BCUT2D eigenvalue weighted by Gasteiger charge is -2.10. The molecule has 1 aromatic carbocycles. The van der Waals surface area contributed by atoms with Gasteiger partial charge < -0.3 is 5.11 Å². The molecule has 6 heteroatoms. The molecule has 0 unspecified atom stereocenters. The Morgan fingerprint density at radius 2 is 1.80 bits per heavy atom. The molecular weight excluding hydrogens is 278 g/mol. The van der Waals surface area contributed by atoms with Crippen molar-refractivity contribution in [3.63, 3.8) is 0 Å². The lowest BCUT2D eigenvalue weighted by Crippen LogP contribution is -2.30. The number of carboxylic acid groups (broad SMARTS) is 1. The van der Waals surface area contributed by atoms with Crippen LogP contribution in [0, 0.1) is 0 Å². The van der Waals surface area contributed by atoms with Gasteiger partial charge in [0.15, 0.2) is 0 Å². The van der Waals surface area contributed by atoms with Gasteiger partial charge in [0.1, 0.15) is 5.70 Å². The molecule has 0 radical (unpaired) electrons. The summed E-state index contributed by atoms with van der Waals surface area (Å²) in [5, 5.41) is 8.93. The number of aryl methyl sites for hydroxylation is 1. The van der Waals surface area contributed by atoms with Gasteiger partial charge in [-0.3, -0.25) is 4.72 Å². The molecule has 0 amide bonds. The Balaban J connectivity index is 2.58. The minimum Gasteiger partial charge on any atom is -0.477 e. The van der Waals surface area contributed by atoms with Crippen LogP contribution < -0.4 is 4.72 Å². The fourth-order valence-corrected chi connectivity index (χ4v) is 2.91. The van der Waals surface area contributed by atoms with Gasteiger partial charge in [-0.15, -0.1) is 0 Å². The summed E-state index contributed by atoms with van der Waals surface area (Å²) in [5.41, 5.74) is 1.21. The van der Waals surface area contributed by atoms with Crippen LogP contribution in [0.5, 0.6) is 0 Å². The fraction of sp³-hybridized carbons (Fsp3) is 0.357. The molecule has 0 saturated heterocycles. The molecule has 110 valence electrons. The number of sulfonamides is 1. The number of hydrogen-bond acceptors (Lipinski definition) is 3. The van der Waals surface area contributed by atoms with Crippen molar-refractivity contribution in [2.75, 3.05) is 5.75 Å². The van der Waals surface area contributed by atoms with Crippen molar-refractivity contribution in [3.05, 3.63) is 47.2 Å². The van der Waals surface area contributed by atoms with E-state index in [1.807, 2.05) is 30.3 Å². The molecule has 0 saturated carbocycles. The highest BCUT2D eigenvalue weighted by Crippen LogP contribution is 2.06. The topological polar surface area (TPSA) is 83.5 Å². The van der Waals surface area contributed by atoms with Crippen molar-refractivity contribution in [2.45, 2.75) is 26.7 Å². The van der Waals surface area contributed by atoms with Crippen LogP contribution in [-0.4, -0.2) is 25.2 Å². The lowest BCUT2D eigenvalue weighted by molar-refractivity contribution is -0.132. The molecule has 0 heterocycles. The van der Waals surface area contributed by atoms with Crippen LogP contribution in [0.1, 0.15) is 25.8 Å². The molecule has 1 aromatic rings. The molecule has 0 spiro atoms. The highest BCUT2D eigenvalue weighted by molar-refractivity contribution is 7.89. The Hall–Kier alpha value is -1.82. The van der Waals surface area contributed by atoms with E-state index < -0.39 is 16.0 Å². The number of rotatable bonds is 7. The Morgan fingerprint density at radius 1 is 1.20 bits per heavy atom. The van der Waals surface area contributed by atoms with E-state index >= 15 is 0 Å². The maximum absolute atomic E-state index is 11.8. The van der Waals surface area contributed by atoms with Gasteiger partial charge in [-0.25, -0.2) is 13.2 Å². The van der Waals surface area contributed by atoms with Crippen molar-refractivity contribution >= 4 is 16.0 Å². The van der Waals surface area contributed by atoms with Crippen molar-refractivity contribution < 1.29 is 18.3 Å². The number of hydrogen-bond donors (Lipinski definition) is 2. The smallest absolute Gasteiger partial charge is 0.352 e. The number of nitrogens with one attached hydrogen (secondary N) is 1. The highest BCUT2D eigenvalue weighted by atomic mass is 32.2. The van der Waals surface area contributed by atoms with Gasteiger partial charge in [0.2, 0.25) is 10.0 Å². The van der Waals surface area contributed by atoms with Crippen molar-refractivity contribution in [1.82, 2.24) is 4.72 Å². The van der Waals surface area contributed by atoms with E-state index in [-0.39, 0.29) is 11.4 Å². The summed E-state index contributed by atoms with van der Waals surface area (Å²) < 4.78 is 25.8. The van der Waals surface area contributed by atoms with Crippen LogP contribution in [0.3, 0.4) is 0 Å². The van der Waals surface area contributed by atoms with Crippen LogP contribution in [0.25, 0.3) is 0 Å². The van der Waals surface area contributed by atoms with E-state index in [1.54, 1.807) is 13.8 Å². The van der Waals surface area contributed by atoms with Gasteiger partial charge >= 0.3 is 5.97 Å². The second-order valence-electron chi connectivity index (χ2n) is 4.69. The summed E-state index contributed by atoms with van der Waals surface area (Å²) in [6.45, 7) is 3.10. The summed E-state index contributed by atoms with van der Waals surface area (Å²) in [7, 11) is -3.63. The number of carbonyl (C=O) groups is 1. The van der Waals surface area contributed by atoms with Crippen molar-refractivity contribution in [2.24, 2.45) is 0 Å². The molecule has 5 nitrogen and oxygen atoms in total. The van der Waals surface area contributed by atoms with Gasteiger partial charge in [0.25, 0.3) is 0 Å². The largest absolute Gasteiger partial charge is 0.477 e. The normalized spacial score (nSPS) is 10.9. The molecule has 0 fully saturated rings. The number of aliphatic carboxylic acids is 1. The zero-order valence-corrected chi connectivity index (χ0v) is 12.4. The van der Waals surface area contributed by atoms with E-state index in [9.17, 15) is 13.2 Å². The minimum absolute atomic E-state index is 0.105. The van der Waals surface area contributed by atoms with Crippen molar-refractivity contribution in [1.29, 1.82) is 0 Å². The molecule has 0 bridgehead atoms. The molecule has 0 aliphatic rings. The Bertz CT molecular complexity index is 587. The van der Waals surface area contributed by atoms with E-state index in [0.29, 0.717) is 18.4 Å². The first-order chi connectivity index (χ1) is 9.32. The van der Waals surface area contributed by atoms with E-state index in [4.69, 9.17) is 5.11 Å². The van der Waals surface area contributed by atoms with Crippen LogP contribution >= 0.6 is 0 Å². The summed E-state index contributed by atoms with van der Waals surface area (Å²) in [5.74, 6) is -1.37. The average molecular weight is 297 g/mol. The second kappa shape index (κ2) is 7.09. The lowest BCUT2D eigenvalue weighted by atomic mass is 10.1.